The Morgan fingerprint density at radius 1 is 1.19 bits per heavy atom. The summed E-state index contributed by atoms with van der Waals surface area (Å²) in [5.41, 5.74) is 3.97. The normalized spacial score (nSPS) is 15.3. The molecule has 10 heteroatoms. The van der Waals surface area contributed by atoms with Gasteiger partial charge in [0.2, 0.25) is 11.8 Å². The first-order chi connectivity index (χ1) is 13.0. The van der Waals surface area contributed by atoms with Gasteiger partial charge in [-0.25, -0.2) is 0 Å². The van der Waals surface area contributed by atoms with Crippen LogP contribution in [-0.2, 0) is 0 Å². The van der Waals surface area contributed by atoms with Crippen molar-refractivity contribution in [3.05, 3.63) is 68.9 Å². The maximum atomic E-state index is 11.0. The smallest absolute Gasteiger partial charge is 0.269 e. The Morgan fingerprint density at radius 2 is 1.96 bits per heavy atom. The molecular formula is C17H13N7O3. The first kappa shape index (κ1) is 15.4. The zero-order valence-corrected chi connectivity index (χ0v) is 14.4. The Bertz CT molecular complexity index is 1210. The largest absolute Gasteiger partial charge is 0.418 e. The van der Waals surface area contributed by atoms with Crippen LogP contribution in [0.5, 0.6) is 11.8 Å². The lowest BCUT2D eigenvalue weighted by molar-refractivity contribution is -0.384. The molecule has 4 heterocycles. The second-order valence-corrected chi connectivity index (χ2v) is 6.35. The van der Waals surface area contributed by atoms with E-state index < -0.39 is 4.92 Å². The molecule has 10 nitrogen and oxygen atoms in total. The number of non-ortho nitro benzene ring substituents is 1. The van der Waals surface area contributed by atoms with E-state index in [-0.39, 0.29) is 11.6 Å². The van der Waals surface area contributed by atoms with E-state index in [2.05, 4.69) is 25.4 Å². The average molecular weight is 363 g/mol. The third-order valence-electron chi connectivity index (χ3n) is 4.80. The molecule has 1 unspecified atom stereocenters. The van der Waals surface area contributed by atoms with Gasteiger partial charge in [-0.3, -0.25) is 19.6 Å². The third-order valence-corrected chi connectivity index (χ3v) is 4.80. The molecule has 5 rings (SSSR count). The molecule has 0 bridgehead atoms. The van der Waals surface area contributed by atoms with Gasteiger partial charge in [0.05, 0.1) is 16.4 Å². The van der Waals surface area contributed by atoms with Gasteiger partial charge in [0.1, 0.15) is 12.2 Å². The highest BCUT2D eigenvalue weighted by molar-refractivity contribution is 5.65. The Labute approximate surface area is 152 Å². The van der Waals surface area contributed by atoms with Crippen molar-refractivity contribution in [3.8, 4) is 11.8 Å². The quantitative estimate of drug-likeness (QED) is 0.377. The highest BCUT2D eigenvalue weighted by Crippen LogP contribution is 2.48. The molecule has 1 atom stereocenters. The number of aromatic amines is 1. The number of nitrogens with zero attached hydrogens (tertiary/aromatic N) is 6. The zero-order chi connectivity index (χ0) is 18.7. The predicted octanol–water partition coefficient (Wildman–Crippen LogP) is 2.66. The first-order valence-corrected chi connectivity index (χ1v) is 8.22. The molecule has 3 aromatic heterocycles. The van der Waals surface area contributed by atoms with Crippen molar-refractivity contribution in [2.75, 3.05) is 0 Å². The molecule has 0 saturated carbocycles. The highest BCUT2D eigenvalue weighted by atomic mass is 16.6. The van der Waals surface area contributed by atoms with E-state index in [9.17, 15) is 10.1 Å². The van der Waals surface area contributed by atoms with Gasteiger partial charge < -0.3 is 4.74 Å². The maximum Gasteiger partial charge on any atom is 0.269 e. The number of hydrogen-bond donors (Lipinski definition) is 1. The van der Waals surface area contributed by atoms with E-state index in [1.54, 1.807) is 22.9 Å². The van der Waals surface area contributed by atoms with Crippen molar-refractivity contribution in [1.82, 2.24) is 29.8 Å². The number of ether oxygens (including phenoxy) is 1. The van der Waals surface area contributed by atoms with Crippen LogP contribution in [0.2, 0.25) is 0 Å². The van der Waals surface area contributed by atoms with Gasteiger partial charge >= 0.3 is 0 Å². The number of benzene rings is 1. The number of nitro groups is 1. The molecule has 134 valence electrons. The lowest BCUT2D eigenvalue weighted by Crippen LogP contribution is -2.16. The highest BCUT2D eigenvalue weighted by Gasteiger charge is 2.36. The molecule has 1 aromatic carbocycles. The summed E-state index contributed by atoms with van der Waals surface area (Å²) in [5, 5.41) is 26.5. The van der Waals surface area contributed by atoms with Crippen molar-refractivity contribution in [3.63, 3.8) is 0 Å². The standard InChI is InChI=1S/C17H13N7O3/c1-8-12-13(10-3-5-11(6-4-10)24(25)26)14-15-21-18-7-23(15)9(2)19-16(14)27-17(12)22-20-8/h3-7,13H,1-2H3,(H,20,22). The van der Waals surface area contributed by atoms with E-state index >= 15 is 0 Å². The van der Waals surface area contributed by atoms with E-state index in [0.717, 1.165) is 22.4 Å². The molecule has 0 spiro atoms. The topological polar surface area (TPSA) is 124 Å². The van der Waals surface area contributed by atoms with Crippen molar-refractivity contribution < 1.29 is 9.66 Å². The summed E-state index contributed by atoms with van der Waals surface area (Å²) in [4.78, 5) is 15.1. The SMILES string of the molecule is Cc1[nH]nc2c1C(c1ccc([N+](=O)[O-])cc1)c1c(nc(C)n3cnnc13)O2. The lowest BCUT2D eigenvalue weighted by Gasteiger charge is -2.25. The molecular weight excluding hydrogens is 350 g/mol. The third kappa shape index (κ3) is 2.13. The molecule has 0 amide bonds. The molecule has 0 fully saturated rings. The van der Waals surface area contributed by atoms with Gasteiger partial charge in [0.25, 0.3) is 5.69 Å². The molecule has 0 radical (unpaired) electrons. The molecule has 0 saturated heterocycles. The van der Waals surface area contributed by atoms with Crippen LogP contribution in [0.15, 0.2) is 30.6 Å². The number of aromatic nitrogens is 6. The van der Waals surface area contributed by atoms with Crippen LogP contribution in [0.1, 0.15) is 34.1 Å². The molecule has 1 aliphatic heterocycles. The van der Waals surface area contributed by atoms with E-state index in [1.807, 2.05) is 13.8 Å². The predicted molar refractivity (Wildman–Crippen MR) is 93.0 cm³/mol. The molecule has 0 aliphatic carbocycles. The average Bonchev–Trinajstić information content (AvgIpc) is 3.28. The van der Waals surface area contributed by atoms with Crippen LogP contribution in [0, 0.1) is 24.0 Å². The van der Waals surface area contributed by atoms with Gasteiger partial charge in [-0.15, -0.1) is 15.3 Å². The van der Waals surface area contributed by atoms with Crippen LogP contribution < -0.4 is 4.74 Å². The Kier molecular flexibility index (Phi) is 3.05. The summed E-state index contributed by atoms with van der Waals surface area (Å²) in [6.07, 6.45) is 1.60. The number of rotatable bonds is 2. The minimum atomic E-state index is -0.419. The van der Waals surface area contributed by atoms with Crippen molar-refractivity contribution in [2.24, 2.45) is 0 Å². The van der Waals surface area contributed by atoms with Crippen molar-refractivity contribution in [1.29, 1.82) is 0 Å². The Morgan fingerprint density at radius 3 is 2.70 bits per heavy atom. The number of H-pyrrole nitrogens is 1. The number of fused-ring (bicyclic) bond motifs is 4. The fraction of sp³-hybridized carbons (Fsp3) is 0.176. The van der Waals surface area contributed by atoms with Crippen molar-refractivity contribution in [2.45, 2.75) is 19.8 Å². The van der Waals surface area contributed by atoms with Gasteiger partial charge in [-0.05, 0) is 19.4 Å². The van der Waals surface area contributed by atoms with Gasteiger partial charge in [-0.1, -0.05) is 12.1 Å². The second kappa shape index (κ2) is 5.34. The summed E-state index contributed by atoms with van der Waals surface area (Å²) in [5.74, 6) is 1.25. The maximum absolute atomic E-state index is 11.0. The number of hydrogen-bond acceptors (Lipinski definition) is 7. The fourth-order valence-electron chi connectivity index (χ4n) is 3.53. The molecule has 27 heavy (non-hydrogen) atoms. The van der Waals surface area contributed by atoms with Crippen LogP contribution in [0.4, 0.5) is 5.69 Å². The fourth-order valence-corrected chi connectivity index (χ4v) is 3.53. The van der Waals surface area contributed by atoms with Gasteiger partial charge in [-0.2, -0.15) is 4.98 Å². The summed E-state index contributed by atoms with van der Waals surface area (Å²) < 4.78 is 7.72. The molecule has 1 N–H and O–H groups in total. The van der Waals surface area contributed by atoms with Gasteiger partial charge in [0.15, 0.2) is 5.65 Å². The van der Waals surface area contributed by atoms with E-state index in [0.29, 0.717) is 23.2 Å². The van der Waals surface area contributed by atoms with Crippen LogP contribution >= 0.6 is 0 Å². The summed E-state index contributed by atoms with van der Waals surface area (Å²) in [6.45, 7) is 3.74. The molecule has 4 aromatic rings. The van der Waals surface area contributed by atoms with E-state index in [4.69, 9.17) is 4.74 Å². The van der Waals surface area contributed by atoms with Crippen molar-refractivity contribution >= 4 is 11.3 Å². The summed E-state index contributed by atoms with van der Waals surface area (Å²) in [6, 6.07) is 6.45. The van der Waals surface area contributed by atoms with Gasteiger partial charge in [0, 0.05) is 23.4 Å². The molecule has 1 aliphatic rings. The van der Waals surface area contributed by atoms with E-state index in [1.165, 1.54) is 12.1 Å². The minimum Gasteiger partial charge on any atom is -0.418 e. The lowest BCUT2D eigenvalue weighted by atomic mass is 9.84. The monoisotopic (exact) mass is 363 g/mol. The zero-order valence-electron chi connectivity index (χ0n) is 14.4. The minimum absolute atomic E-state index is 0.0322. The summed E-state index contributed by atoms with van der Waals surface area (Å²) >= 11 is 0. The Balaban J connectivity index is 1.81. The Hall–Kier alpha value is -3.82. The van der Waals surface area contributed by atoms with Crippen LogP contribution in [0.25, 0.3) is 5.65 Å². The number of nitrogens with one attached hydrogen (secondary N) is 1. The summed E-state index contributed by atoms with van der Waals surface area (Å²) in [7, 11) is 0. The number of nitro benzene ring substituents is 1. The first-order valence-electron chi connectivity index (χ1n) is 8.22. The number of aryl methyl sites for hydroxylation is 2. The van der Waals surface area contributed by atoms with Crippen LogP contribution in [-0.4, -0.2) is 34.7 Å². The van der Waals surface area contributed by atoms with Crippen LogP contribution in [0.3, 0.4) is 0 Å². The second-order valence-electron chi connectivity index (χ2n) is 6.35.